The van der Waals surface area contributed by atoms with E-state index >= 15 is 0 Å². The standard InChI is InChI=1S/C30H39N3O4/c1-10-22-16-18-23(19-17-22)25(26(34)32-24-15-13-12-14-20(24)3)33(30(8,9)11-2)27(35)21(4)31-28(36)37-29(5,6)7/h1,12-19,21,25H,11H2,2-9H3,(H,31,36)(H,32,34). The van der Waals surface area contributed by atoms with E-state index in [0.717, 1.165) is 5.56 Å². The van der Waals surface area contributed by atoms with E-state index in [9.17, 15) is 14.4 Å². The Bertz CT molecular complexity index is 1160. The number of amides is 3. The van der Waals surface area contributed by atoms with Crippen LogP contribution < -0.4 is 10.6 Å². The maximum absolute atomic E-state index is 14.0. The van der Waals surface area contributed by atoms with Gasteiger partial charge in [-0.1, -0.05) is 43.2 Å². The number of benzene rings is 2. The van der Waals surface area contributed by atoms with Crippen molar-refractivity contribution >= 4 is 23.6 Å². The number of terminal acetylenes is 1. The van der Waals surface area contributed by atoms with Gasteiger partial charge in [0.2, 0.25) is 5.91 Å². The fourth-order valence-corrected chi connectivity index (χ4v) is 3.79. The summed E-state index contributed by atoms with van der Waals surface area (Å²) in [7, 11) is 0. The maximum Gasteiger partial charge on any atom is 0.408 e. The first-order chi connectivity index (χ1) is 17.2. The molecule has 0 saturated heterocycles. The molecule has 37 heavy (non-hydrogen) atoms. The van der Waals surface area contributed by atoms with E-state index in [4.69, 9.17) is 11.2 Å². The number of anilines is 1. The molecule has 0 heterocycles. The SMILES string of the molecule is C#Cc1ccc(C(C(=O)Nc2ccccc2C)N(C(=O)C(C)NC(=O)OC(C)(C)C)C(C)(C)CC)cc1. The van der Waals surface area contributed by atoms with E-state index in [-0.39, 0.29) is 5.91 Å². The number of ether oxygens (including phenoxy) is 1. The van der Waals surface area contributed by atoms with Crippen molar-refractivity contribution in [2.45, 2.75) is 85.0 Å². The highest BCUT2D eigenvalue weighted by Crippen LogP contribution is 2.33. The van der Waals surface area contributed by atoms with Gasteiger partial charge < -0.3 is 20.3 Å². The number of rotatable bonds is 8. The topological polar surface area (TPSA) is 87.7 Å². The van der Waals surface area contributed by atoms with Crippen LogP contribution in [0.4, 0.5) is 10.5 Å². The molecule has 0 fully saturated rings. The molecule has 0 bridgehead atoms. The van der Waals surface area contributed by atoms with Gasteiger partial charge in [0, 0.05) is 16.8 Å². The molecule has 7 nitrogen and oxygen atoms in total. The zero-order valence-electron chi connectivity index (χ0n) is 23.1. The van der Waals surface area contributed by atoms with Gasteiger partial charge in [0.15, 0.2) is 0 Å². The van der Waals surface area contributed by atoms with E-state index in [2.05, 4.69) is 16.6 Å². The van der Waals surface area contributed by atoms with Crippen molar-refractivity contribution in [2.75, 3.05) is 5.32 Å². The van der Waals surface area contributed by atoms with Crippen LogP contribution in [0.3, 0.4) is 0 Å². The lowest BCUT2D eigenvalue weighted by molar-refractivity contribution is -0.147. The first-order valence-electron chi connectivity index (χ1n) is 12.5. The quantitative estimate of drug-likeness (QED) is 0.458. The lowest BCUT2D eigenvalue weighted by Gasteiger charge is -2.44. The predicted octanol–water partition coefficient (Wildman–Crippen LogP) is 5.59. The Balaban J connectivity index is 2.56. The Labute approximate surface area is 221 Å². The first kappa shape index (κ1) is 29.4. The molecule has 0 aliphatic heterocycles. The van der Waals surface area contributed by atoms with E-state index in [1.165, 1.54) is 0 Å². The highest BCUT2D eigenvalue weighted by molar-refractivity contribution is 5.99. The molecule has 7 heteroatoms. The molecule has 2 aromatic rings. The lowest BCUT2D eigenvalue weighted by atomic mass is 9.91. The molecule has 198 valence electrons. The summed E-state index contributed by atoms with van der Waals surface area (Å²) in [6.07, 6.45) is 5.39. The van der Waals surface area contributed by atoms with Crippen molar-refractivity contribution in [3.05, 3.63) is 65.2 Å². The average molecular weight is 506 g/mol. The Morgan fingerprint density at radius 1 is 1.03 bits per heavy atom. The van der Waals surface area contributed by atoms with E-state index < -0.39 is 35.2 Å². The Morgan fingerprint density at radius 3 is 2.14 bits per heavy atom. The van der Waals surface area contributed by atoms with Gasteiger partial charge in [-0.05, 0) is 84.2 Å². The monoisotopic (exact) mass is 505 g/mol. The highest BCUT2D eigenvalue weighted by atomic mass is 16.6. The average Bonchev–Trinajstić information content (AvgIpc) is 2.82. The van der Waals surface area contributed by atoms with E-state index in [1.807, 2.05) is 52.0 Å². The summed E-state index contributed by atoms with van der Waals surface area (Å²) in [6.45, 7) is 14.5. The molecule has 2 atom stereocenters. The van der Waals surface area contributed by atoms with Crippen LogP contribution in [0.1, 0.15) is 77.6 Å². The molecule has 0 saturated carbocycles. The van der Waals surface area contributed by atoms with Gasteiger partial charge in [0.05, 0.1) is 0 Å². The van der Waals surface area contributed by atoms with Crippen LogP contribution in [0.15, 0.2) is 48.5 Å². The number of nitrogens with one attached hydrogen (secondary N) is 2. The third-order valence-corrected chi connectivity index (χ3v) is 6.16. The van der Waals surface area contributed by atoms with Gasteiger partial charge in [-0.15, -0.1) is 6.42 Å². The zero-order chi connectivity index (χ0) is 28.0. The smallest absolute Gasteiger partial charge is 0.408 e. The van der Waals surface area contributed by atoms with Crippen LogP contribution in [0.2, 0.25) is 0 Å². The summed E-state index contributed by atoms with van der Waals surface area (Å²) in [6, 6.07) is 12.5. The fraction of sp³-hybridized carbons (Fsp3) is 0.433. The second kappa shape index (κ2) is 12.0. The maximum atomic E-state index is 14.0. The Morgan fingerprint density at radius 2 is 1.62 bits per heavy atom. The Hall–Kier alpha value is -3.79. The molecular formula is C30H39N3O4. The number of carbonyl (C=O) groups excluding carboxylic acids is 3. The lowest BCUT2D eigenvalue weighted by Crippen LogP contribution is -2.58. The first-order valence-corrected chi connectivity index (χ1v) is 12.5. The molecule has 2 unspecified atom stereocenters. The molecule has 3 amide bonds. The van der Waals surface area contributed by atoms with Crippen molar-refractivity contribution in [2.24, 2.45) is 0 Å². The van der Waals surface area contributed by atoms with Crippen LogP contribution >= 0.6 is 0 Å². The second-order valence-corrected chi connectivity index (χ2v) is 10.7. The number of para-hydroxylation sites is 1. The van der Waals surface area contributed by atoms with E-state index in [1.54, 1.807) is 56.9 Å². The van der Waals surface area contributed by atoms with Crippen LogP contribution in [0.25, 0.3) is 0 Å². The van der Waals surface area contributed by atoms with Gasteiger partial charge >= 0.3 is 6.09 Å². The van der Waals surface area contributed by atoms with Crippen molar-refractivity contribution < 1.29 is 19.1 Å². The van der Waals surface area contributed by atoms with Crippen LogP contribution in [-0.4, -0.2) is 40.0 Å². The number of hydrogen-bond acceptors (Lipinski definition) is 4. The minimum Gasteiger partial charge on any atom is -0.444 e. The van der Waals surface area contributed by atoms with Crippen molar-refractivity contribution in [1.82, 2.24) is 10.2 Å². The zero-order valence-corrected chi connectivity index (χ0v) is 23.1. The largest absolute Gasteiger partial charge is 0.444 e. The molecule has 0 spiro atoms. The highest BCUT2D eigenvalue weighted by Gasteiger charge is 2.42. The number of hydrogen-bond donors (Lipinski definition) is 2. The molecule has 2 N–H and O–H groups in total. The number of aryl methyl sites for hydroxylation is 1. The van der Waals surface area contributed by atoms with Crippen LogP contribution in [0, 0.1) is 19.3 Å². The second-order valence-electron chi connectivity index (χ2n) is 10.7. The normalized spacial score (nSPS) is 13.1. The van der Waals surface area contributed by atoms with Gasteiger partial charge in [-0.3, -0.25) is 9.59 Å². The molecule has 2 aromatic carbocycles. The van der Waals surface area contributed by atoms with Crippen molar-refractivity contribution in [3.8, 4) is 12.3 Å². The summed E-state index contributed by atoms with van der Waals surface area (Å²) in [4.78, 5) is 41.8. The van der Waals surface area contributed by atoms with Crippen LogP contribution in [0.5, 0.6) is 0 Å². The summed E-state index contributed by atoms with van der Waals surface area (Å²) >= 11 is 0. The third kappa shape index (κ3) is 7.85. The van der Waals surface area contributed by atoms with Crippen molar-refractivity contribution in [1.29, 1.82) is 0 Å². The summed E-state index contributed by atoms with van der Waals surface area (Å²) in [5.41, 5.74) is 1.35. The van der Waals surface area contributed by atoms with Crippen LogP contribution in [-0.2, 0) is 14.3 Å². The van der Waals surface area contributed by atoms with Gasteiger partial charge in [-0.25, -0.2) is 4.79 Å². The number of alkyl carbamates (subject to hydrolysis) is 1. The van der Waals surface area contributed by atoms with Crippen molar-refractivity contribution in [3.63, 3.8) is 0 Å². The van der Waals surface area contributed by atoms with Gasteiger partial charge in [0.1, 0.15) is 17.7 Å². The van der Waals surface area contributed by atoms with Gasteiger partial charge in [-0.2, -0.15) is 0 Å². The number of carbonyl (C=O) groups is 3. The molecule has 0 radical (unpaired) electrons. The summed E-state index contributed by atoms with van der Waals surface area (Å²) in [5, 5.41) is 5.62. The van der Waals surface area contributed by atoms with Gasteiger partial charge in [0.25, 0.3) is 5.91 Å². The fourth-order valence-electron chi connectivity index (χ4n) is 3.79. The molecule has 0 aliphatic rings. The van der Waals surface area contributed by atoms with E-state index in [0.29, 0.717) is 23.2 Å². The number of nitrogens with zero attached hydrogens (tertiary/aromatic N) is 1. The third-order valence-electron chi connectivity index (χ3n) is 6.16. The minimum absolute atomic E-state index is 0.373. The summed E-state index contributed by atoms with van der Waals surface area (Å²) < 4.78 is 5.34. The molecule has 0 aliphatic carbocycles. The Kier molecular flexibility index (Phi) is 9.52. The molecule has 2 rings (SSSR count). The predicted molar refractivity (Wildman–Crippen MR) is 147 cm³/mol. The molecular weight excluding hydrogens is 466 g/mol. The molecule has 0 aromatic heterocycles. The summed E-state index contributed by atoms with van der Waals surface area (Å²) in [5.74, 6) is 1.79. The minimum atomic E-state index is -0.989.